The first-order valence-electron chi connectivity index (χ1n) is 9.00. The zero-order chi connectivity index (χ0) is 19.5. The van der Waals surface area contributed by atoms with Crippen LogP contribution in [0.4, 0.5) is 0 Å². The van der Waals surface area contributed by atoms with Crippen LogP contribution >= 0.6 is 11.3 Å². The minimum absolute atomic E-state index is 0.135. The Bertz CT molecular complexity index is 977. The molecule has 1 saturated heterocycles. The van der Waals surface area contributed by atoms with Gasteiger partial charge in [0.1, 0.15) is 5.69 Å². The summed E-state index contributed by atoms with van der Waals surface area (Å²) in [7, 11) is 0. The molecule has 1 aliphatic heterocycles. The maximum absolute atomic E-state index is 12.8. The minimum atomic E-state index is -0.790. The number of rotatable bonds is 5. The van der Waals surface area contributed by atoms with Crippen LogP contribution in [0.3, 0.4) is 0 Å². The van der Waals surface area contributed by atoms with Crippen LogP contribution in [0.15, 0.2) is 42.2 Å². The number of carbonyl (C=O) groups is 2. The van der Waals surface area contributed by atoms with E-state index in [4.69, 9.17) is 5.11 Å². The minimum Gasteiger partial charge on any atom is -0.481 e. The quantitative estimate of drug-likeness (QED) is 0.709. The lowest BCUT2D eigenvalue weighted by Gasteiger charge is -2.30. The third-order valence-corrected chi connectivity index (χ3v) is 5.71. The van der Waals surface area contributed by atoms with Crippen LogP contribution in [0.5, 0.6) is 0 Å². The highest BCUT2D eigenvalue weighted by Crippen LogP contribution is 2.22. The number of aliphatic carboxylic acids is 1. The number of hydrogen-bond acceptors (Lipinski definition) is 6. The number of hydrogen-bond donors (Lipinski definition) is 1. The molecule has 9 heteroatoms. The highest BCUT2D eigenvalue weighted by Gasteiger charge is 2.27. The molecule has 1 aliphatic rings. The second-order valence-electron chi connectivity index (χ2n) is 6.75. The van der Waals surface area contributed by atoms with E-state index in [1.54, 1.807) is 33.2 Å². The van der Waals surface area contributed by atoms with E-state index in [0.29, 0.717) is 43.7 Å². The van der Waals surface area contributed by atoms with Crippen molar-refractivity contribution in [2.24, 2.45) is 5.92 Å². The van der Waals surface area contributed by atoms with Crippen LogP contribution in [-0.4, -0.2) is 55.0 Å². The van der Waals surface area contributed by atoms with Gasteiger partial charge in [0.25, 0.3) is 5.91 Å². The number of thiophene rings is 1. The van der Waals surface area contributed by atoms with Gasteiger partial charge in [0.15, 0.2) is 0 Å². The number of amides is 1. The van der Waals surface area contributed by atoms with Crippen molar-refractivity contribution in [3.05, 3.63) is 52.6 Å². The summed E-state index contributed by atoms with van der Waals surface area (Å²) in [6.07, 6.45) is 5.98. The van der Waals surface area contributed by atoms with Crippen LogP contribution in [0.1, 0.15) is 28.1 Å². The summed E-state index contributed by atoms with van der Waals surface area (Å²) >= 11 is 1.66. The fraction of sp³-hybridized carbons (Fsp3) is 0.316. The summed E-state index contributed by atoms with van der Waals surface area (Å²) in [5.41, 5.74) is 1.85. The Kier molecular flexibility index (Phi) is 5.16. The van der Waals surface area contributed by atoms with Gasteiger partial charge in [-0.15, -0.1) is 16.4 Å². The van der Waals surface area contributed by atoms with Gasteiger partial charge in [-0.05, 0) is 30.4 Å². The summed E-state index contributed by atoms with van der Waals surface area (Å²) in [6, 6.07) is 5.80. The molecule has 28 heavy (non-hydrogen) atoms. The Labute approximate surface area is 165 Å². The SMILES string of the molecule is O=C(O)C1CCN(C(=O)c2cncc(-c3cn(Cc4cccs4)nn3)c2)CC1. The Morgan fingerprint density at radius 2 is 2.07 bits per heavy atom. The molecule has 8 nitrogen and oxygen atoms in total. The van der Waals surface area contributed by atoms with Gasteiger partial charge in [-0.25, -0.2) is 4.68 Å². The molecule has 0 spiro atoms. The van der Waals surface area contributed by atoms with Gasteiger partial charge in [-0.2, -0.15) is 0 Å². The molecular formula is C19H19N5O3S. The van der Waals surface area contributed by atoms with Crippen LogP contribution in [0, 0.1) is 5.92 Å². The molecule has 1 fully saturated rings. The van der Waals surface area contributed by atoms with Crippen molar-refractivity contribution in [2.75, 3.05) is 13.1 Å². The van der Waals surface area contributed by atoms with Gasteiger partial charge in [0.2, 0.25) is 0 Å². The van der Waals surface area contributed by atoms with E-state index in [1.165, 1.54) is 11.1 Å². The molecule has 0 aliphatic carbocycles. The van der Waals surface area contributed by atoms with Gasteiger partial charge in [0.05, 0.1) is 24.2 Å². The van der Waals surface area contributed by atoms with Gasteiger partial charge in [-0.3, -0.25) is 14.6 Å². The van der Waals surface area contributed by atoms with Crippen LogP contribution in [0.2, 0.25) is 0 Å². The Morgan fingerprint density at radius 1 is 1.25 bits per heavy atom. The maximum Gasteiger partial charge on any atom is 0.306 e. The molecule has 4 heterocycles. The predicted molar refractivity (Wildman–Crippen MR) is 103 cm³/mol. The summed E-state index contributed by atoms with van der Waals surface area (Å²) < 4.78 is 1.76. The lowest BCUT2D eigenvalue weighted by Crippen LogP contribution is -2.40. The topological polar surface area (TPSA) is 101 Å². The first-order chi connectivity index (χ1) is 13.6. The molecule has 0 unspecified atom stereocenters. The van der Waals surface area contributed by atoms with Crippen LogP contribution in [0.25, 0.3) is 11.3 Å². The van der Waals surface area contributed by atoms with Crippen molar-refractivity contribution in [2.45, 2.75) is 19.4 Å². The van der Waals surface area contributed by atoms with Crippen molar-refractivity contribution >= 4 is 23.2 Å². The third-order valence-electron chi connectivity index (χ3n) is 4.85. The van der Waals surface area contributed by atoms with Crippen LogP contribution < -0.4 is 0 Å². The van der Waals surface area contributed by atoms with E-state index in [0.717, 1.165) is 5.56 Å². The van der Waals surface area contributed by atoms with Crippen molar-refractivity contribution < 1.29 is 14.7 Å². The zero-order valence-corrected chi connectivity index (χ0v) is 15.9. The zero-order valence-electron chi connectivity index (χ0n) is 15.1. The maximum atomic E-state index is 12.8. The average molecular weight is 397 g/mol. The van der Waals surface area contributed by atoms with Crippen LogP contribution in [-0.2, 0) is 11.3 Å². The Morgan fingerprint density at radius 3 is 2.79 bits per heavy atom. The number of pyridine rings is 1. The van der Waals surface area contributed by atoms with Gasteiger partial charge in [-0.1, -0.05) is 11.3 Å². The molecule has 1 N–H and O–H groups in total. The lowest BCUT2D eigenvalue weighted by atomic mass is 9.96. The normalized spacial score (nSPS) is 14.9. The molecule has 0 bridgehead atoms. The fourth-order valence-electron chi connectivity index (χ4n) is 3.28. The fourth-order valence-corrected chi connectivity index (χ4v) is 3.98. The largest absolute Gasteiger partial charge is 0.481 e. The number of likely N-dealkylation sites (tertiary alicyclic amines) is 1. The van der Waals surface area contributed by atoms with Crippen molar-refractivity contribution in [1.29, 1.82) is 0 Å². The van der Waals surface area contributed by atoms with E-state index >= 15 is 0 Å². The van der Waals surface area contributed by atoms with Gasteiger partial charge >= 0.3 is 5.97 Å². The standard InChI is InChI=1S/C19H19N5O3S/c25-18(23-5-3-13(4-6-23)19(26)27)15-8-14(9-20-10-15)17-12-24(22-21-17)11-16-2-1-7-28-16/h1-2,7-10,12-13H,3-6,11H2,(H,26,27). The number of carboxylic acid groups (broad SMARTS) is 1. The number of piperidine rings is 1. The summed E-state index contributed by atoms with van der Waals surface area (Å²) in [4.78, 5) is 30.9. The van der Waals surface area contributed by atoms with Crippen molar-refractivity contribution in [1.82, 2.24) is 24.9 Å². The van der Waals surface area contributed by atoms with E-state index in [-0.39, 0.29) is 11.8 Å². The van der Waals surface area contributed by atoms with E-state index in [9.17, 15) is 9.59 Å². The molecule has 3 aromatic heterocycles. The molecule has 1 amide bonds. The van der Waals surface area contributed by atoms with E-state index in [1.807, 2.05) is 23.7 Å². The van der Waals surface area contributed by atoms with Gasteiger partial charge < -0.3 is 10.0 Å². The second kappa shape index (κ2) is 7.89. The average Bonchev–Trinajstić information content (AvgIpc) is 3.40. The lowest BCUT2D eigenvalue weighted by molar-refractivity contribution is -0.143. The summed E-state index contributed by atoms with van der Waals surface area (Å²) in [5, 5.41) is 19.5. The smallest absolute Gasteiger partial charge is 0.306 e. The van der Waals surface area contributed by atoms with E-state index < -0.39 is 5.97 Å². The van der Waals surface area contributed by atoms with Crippen molar-refractivity contribution in [3.8, 4) is 11.3 Å². The molecule has 0 aromatic carbocycles. The third kappa shape index (κ3) is 3.94. The Hall–Kier alpha value is -3.07. The molecule has 3 aromatic rings. The van der Waals surface area contributed by atoms with Gasteiger partial charge in [0, 0.05) is 35.9 Å². The predicted octanol–water partition coefficient (Wildman–Crippen LogP) is 2.39. The first-order valence-corrected chi connectivity index (χ1v) is 9.88. The number of carboxylic acids is 1. The molecule has 0 atom stereocenters. The Balaban J connectivity index is 1.47. The molecule has 4 rings (SSSR count). The summed E-state index contributed by atoms with van der Waals surface area (Å²) in [6.45, 7) is 1.53. The van der Waals surface area contributed by atoms with Crippen molar-refractivity contribution in [3.63, 3.8) is 0 Å². The molecule has 0 saturated carbocycles. The first kappa shape index (κ1) is 18.3. The molecular weight excluding hydrogens is 378 g/mol. The number of aromatic nitrogens is 4. The number of carbonyl (C=O) groups excluding carboxylic acids is 1. The number of nitrogens with zero attached hydrogens (tertiary/aromatic N) is 5. The van der Waals surface area contributed by atoms with E-state index in [2.05, 4.69) is 15.3 Å². The monoisotopic (exact) mass is 397 g/mol. The highest BCUT2D eigenvalue weighted by molar-refractivity contribution is 7.09. The summed E-state index contributed by atoms with van der Waals surface area (Å²) in [5.74, 6) is -1.29. The second-order valence-corrected chi connectivity index (χ2v) is 7.78. The molecule has 144 valence electrons. The molecule has 0 radical (unpaired) electrons. The highest BCUT2D eigenvalue weighted by atomic mass is 32.1.